The van der Waals surface area contributed by atoms with Crippen molar-refractivity contribution in [2.75, 3.05) is 5.32 Å². The number of anilines is 2. The number of aryl methyl sites for hydroxylation is 1. The lowest BCUT2D eigenvalue weighted by molar-refractivity contribution is 0.0379. The first kappa shape index (κ1) is 18.1. The minimum atomic E-state index is -0.518. The van der Waals surface area contributed by atoms with Gasteiger partial charge in [-0.15, -0.1) is 0 Å². The van der Waals surface area contributed by atoms with Crippen molar-refractivity contribution in [1.82, 2.24) is 9.97 Å². The second kappa shape index (κ2) is 7.25. The van der Waals surface area contributed by atoms with Crippen molar-refractivity contribution >= 4 is 40.0 Å². The Morgan fingerprint density at radius 3 is 2.73 bits per heavy atom. The van der Waals surface area contributed by atoms with Gasteiger partial charge in [-0.2, -0.15) is 0 Å². The Morgan fingerprint density at radius 1 is 1.27 bits per heavy atom. The first-order valence-electron chi connectivity index (χ1n) is 8.04. The lowest BCUT2D eigenvalue weighted by atomic mass is 10.1. The Hall–Kier alpha value is -2.73. The molecule has 0 amide bonds. The zero-order chi connectivity index (χ0) is 18.8. The zero-order valence-corrected chi connectivity index (χ0v) is 15.3. The van der Waals surface area contributed by atoms with Gasteiger partial charge in [0.05, 0.1) is 22.5 Å². The van der Waals surface area contributed by atoms with Gasteiger partial charge in [-0.3, -0.25) is 0 Å². The molecule has 2 heterocycles. The number of halogens is 2. The second-order valence-corrected chi connectivity index (χ2v) is 6.48. The maximum absolute atomic E-state index is 13.3. The highest BCUT2D eigenvalue weighted by molar-refractivity contribution is 6.33. The number of hydrogen-bond donors (Lipinski definition) is 1. The molecule has 0 aliphatic rings. The molecule has 7 heteroatoms. The van der Waals surface area contributed by atoms with Crippen LogP contribution in [0.15, 0.2) is 36.5 Å². The highest BCUT2D eigenvalue weighted by Gasteiger charge is 2.19. The largest absolute Gasteiger partial charge is 0.459 e. The smallest absolute Gasteiger partial charge is 0.342 e. The van der Waals surface area contributed by atoms with Gasteiger partial charge in [-0.25, -0.2) is 19.2 Å². The molecule has 3 rings (SSSR count). The summed E-state index contributed by atoms with van der Waals surface area (Å²) < 4.78 is 18.6. The summed E-state index contributed by atoms with van der Waals surface area (Å²) in [7, 11) is 0. The lowest BCUT2D eigenvalue weighted by Gasteiger charge is -2.16. The van der Waals surface area contributed by atoms with Crippen LogP contribution in [0.4, 0.5) is 15.8 Å². The van der Waals surface area contributed by atoms with Gasteiger partial charge < -0.3 is 10.1 Å². The van der Waals surface area contributed by atoms with E-state index >= 15 is 0 Å². The molecule has 2 aromatic heterocycles. The Bertz CT molecular complexity index is 992. The lowest BCUT2D eigenvalue weighted by Crippen LogP contribution is -2.14. The van der Waals surface area contributed by atoms with E-state index in [0.29, 0.717) is 22.4 Å². The minimum absolute atomic E-state index is 0.193. The first-order chi connectivity index (χ1) is 12.3. The third kappa shape index (κ3) is 3.75. The summed E-state index contributed by atoms with van der Waals surface area (Å²) in [6, 6.07) is 7.62. The van der Waals surface area contributed by atoms with Crippen molar-refractivity contribution in [3.63, 3.8) is 0 Å². The van der Waals surface area contributed by atoms with E-state index in [4.69, 9.17) is 16.3 Å². The number of nitrogens with zero attached hydrogens (tertiary/aromatic N) is 2. The number of nitrogens with one attached hydrogen (secondary N) is 1. The number of carbonyl (C=O) groups excluding carboxylic acids is 1. The summed E-state index contributed by atoms with van der Waals surface area (Å²) in [4.78, 5) is 21.1. The molecular weight excluding hydrogens is 357 g/mol. The van der Waals surface area contributed by atoms with E-state index in [-0.39, 0.29) is 16.7 Å². The standard InChI is InChI=1S/C19H17ClFN3O2/c1-10(2)26-19(25)14-9-22-18-13(6-4-11(3)23-18)17(14)24-16-7-5-12(21)8-15(16)20/h4-10H,1-3H3,(H,22,23,24). The summed E-state index contributed by atoms with van der Waals surface area (Å²) in [5, 5.41) is 3.93. The Morgan fingerprint density at radius 2 is 2.04 bits per heavy atom. The molecule has 3 aromatic rings. The number of fused-ring (bicyclic) bond motifs is 1. The third-order valence-corrected chi connectivity index (χ3v) is 3.94. The van der Waals surface area contributed by atoms with E-state index in [0.717, 1.165) is 5.69 Å². The molecule has 134 valence electrons. The van der Waals surface area contributed by atoms with Crippen LogP contribution in [0.3, 0.4) is 0 Å². The summed E-state index contributed by atoms with van der Waals surface area (Å²) >= 11 is 6.12. The van der Waals surface area contributed by atoms with Gasteiger partial charge in [-0.05, 0) is 51.1 Å². The average Bonchev–Trinajstić information content (AvgIpc) is 2.56. The van der Waals surface area contributed by atoms with Crippen molar-refractivity contribution in [1.29, 1.82) is 0 Å². The second-order valence-electron chi connectivity index (χ2n) is 6.07. The normalized spacial score (nSPS) is 11.0. The SMILES string of the molecule is Cc1ccc2c(Nc3ccc(F)cc3Cl)c(C(=O)OC(C)C)cnc2n1. The molecule has 1 N–H and O–H groups in total. The van der Waals surface area contributed by atoms with Crippen molar-refractivity contribution in [3.05, 3.63) is 58.6 Å². The quantitative estimate of drug-likeness (QED) is 0.649. The molecule has 0 spiro atoms. The maximum Gasteiger partial charge on any atom is 0.342 e. The van der Waals surface area contributed by atoms with Crippen LogP contribution in [0.5, 0.6) is 0 Å². The van der Waals surface area contributed by atoms with Gasteiger partial charge in [0, 0.05) is 17.3 Å². The topological polar surface area (TPSA) is 64.1 Å². The van der Waals surface area contributed by atoms with E-state index < -0.39 is 11.8 Å². The first-order valence-corrected chi connectivity index (χ1v) is 8.42. The fraction of sp³-hybridized carbons (Fsp3) is 0.211. The Kier molecular flexibility index (Phi) is 5.04. The molecule has 26 heavy (non-hydrogen) atoms. The number of aromatic nitrogens is 2. The van der Waals surface area contributed by atoms with Crippen molar-refractivity contribution in [3.8, 4) is 0 Å². The number of hydrogen-bond acceptors (Lipinski definition) is 5. The number of benzene rings is 1. The molecule has 5 nitrogen and oxygen atoms in total. The van der Waals surface area contributed by atoms with Crippen LogP contribution in [0.1, 0.15) is 29.9 Å². The van der Waals surface area contributed by atoms with Gasteiger partial charge >= 0.3 is 5.97 Å². The van der Waals surface area contributed by atoms with Crippen molar-refractivity contribution in [2.24, 2.45) is 0 Å². The molecule has 0 radical (unpaired) electrons. The number of carbonyl (C=O) groups is 1. The number of ether oxygens (including phenoxy) is 1. The van der Waals surface area contributed by atoms with E-state index in [1.54, 1.807) is 13.8 Å². The van der Waals surface area contributed by atoms with Crippen LogP contribution >= 0.6 is 11.6 Å². The molecule has 0 fully saturated rings. The predicted molar refractivity (Wildman–Crippen MR) is 99.5 cm³/mol. The summed E-state index contributed by atoms with van der Waals surface area (Å²) in [6.45, 7) is 5.38. The maximum atomic E-state index is 13.3. The highest BCUT2D eigenvalue weighted by atomic mass is 35.5. The summed E-state index contributed by atoms with van der Waals surface area (Å²) in [6.07, 6.45) is 1.13. The molecule has 1 aromatic carbocycles. The van der Waals surface area contributed by atoms with Crippen LogP contribution in [-0.2, 0) is 4.74 Å². The fourth-order valence-corrected chi connectivity index (χ4v) is 2.68. The zero-order valence-electron chi connectivity index (χ0n) is 14.5. The molecule has 0 bridgehead atoms. The molecular formula is C19H17ClFN3O2. The molecule has 0 saturated heterocycles. The van der Waals surface area contributed by atoms with Gasteiger partial charge in [0.25, 0.3) is 0 Å². The predicted octanol–water partition coefficient (Wildman–Crippen LogP) is 5.04. The monoisotopic (exact) mass is 373 g/mol. The third-order valence-electron chi connectivity index (χ3n) is 3.62. The molecule has 0 aliphatic carbocycles. The van der Waals surface area contributed by atoms with Crippen molar-refractivity contribution in [2.45, 2.75) is 26.9 Å². The van der Waals surface area contributed by atoms with E-state index in [1.807, 2.05) is 19.1 Å². The molecule has 0 saturated carbocycles. The number of pyridine rings is 2. The minimum Gasteiger partial charge on any atom is -0.459 e. The average molecular weight is 374 g/mol. The summed E-state index contributed by atoms with van der Waals surface area (Å²) in [5.74, 6) is -0.965. The van der Waals surface area contributed by atoms with Crippen molar-refractivity contribution < 1.29 is 13.9 Å². The number of esters is 1. The van der Waals surface area contributed by atoms with E-state index in [9.17, 15) is 9.18 Å². The van der Waals surface area contributed by atoms with E-state index in [2.05, 4.69) is 15.3 Å². The summed E-state index contributed by atoms with van der Waals surface area (Å²) in [5.41, 5.74) is 2.44. The van der Waals surface area contributed by atoms with Gasteiger partial charge in [0.15, 0.2) is 5.65 Å². The van der Waals surface area contributed by atoms with Crippen LogP contribution in [-0.4, -0.2) is 22.0 Å². The highest BCUT2D eigenvalue weighted by Crippen LogP contribution is 2.32. The van der Waals surface area contributed by atoms with E-state index in [1.165, 1.54) is 24.4 Å². The van der Waals surface area contributed by atoms with Gasteiger partial charge in [0.1, 0.15) is 11.4 Å². The van der Waals surface area contributed by atoms with Crippen LogP contribution in [0.25, 0.3) is 11.0 Å². The molecule has 0 atom stereocenters. The number of rotatable bonds is 4. The van der Waals surface area contributed by atoms with Gasteiger partial charge in [0.2, 0.25) is 0 Å². The Balaban J connectivity index is 2.16. The van der Waals surface area contributed by atoms with Crippen LogP contribution in [0, 0.1) is 12.7 Å². The molecule has 0 unspecified atom stereocenters. The van der Waals surface area contributed by atoms with Crippen LogP contribution in [0.2, 0.25) is 5.02 Å². The molecule has 0 aliphatic heterocycles. The Labute approximate surface area is 155 Å². The fourth-order valence-electron chi connectivity index (χ4n) is 2.46. The van der Waals surface area contributed by atoms with Crippen LogP contribution < -0.4 is 5.32 Å². The van der Waals surface area contributed by atoms with Gasteiger partial charge in [-0.1, -0.05) is 11.6 Å².